The summed E-state index contributed by atoms with van der Waals surface area (Å²) < 4.78 is 13.4. The minimum absolute atomic E-state index is 0.242. The summed E-state index contributed by atoms with van der Waals surface area (Å²) in [5.41, 5.74) is 2.20. The second-order valence-corrected chi connectivity index (χ2v) is 4.63. The maximum atomic E-state index is 13.4. The summed E-state index contributed by atoms with van der Waals surface area (Å²) in [5, 5.41) is 1.41. The number of hydrogen-bond acceptors (Lipinski definition) is 1. The highest BCUT2D eigenvalue weighted by molar-refractivity contribution is 6.30. The van der Waals surface area contributed by atoms with Crippen LogP contribution in [-0.2, 0) is 0 Å². The number of pyridine rings is 1. The summed E-state index contributed by atoms with van der Waals surface area (Å²) >= 11 is 6.09. The van der Waals surface area contributed by atoms with E-state index in [1.807, 2.05) is 6.07 Å². The number of fused-ring (bicyclic) bond motifs is 1. The molecule has 16 heavy (non-hydrogen) atoms. The van der Waals surface area contributed by atoms with E-state index in [1.165, 1.54) is 6.07 Å². The molecule has 0 fully saturated rings. The molecule has 0 radical (unpaired) electrons. The average molecular weight is 238 g/mol. The Kier molecular flexibility index (Phi) is 2.85. The van der Waals surface area contributed by atoms with E-state index in [-0.39, 0.29) is 5.82 Å². The third kappa shape index (κ3) is 1.78. The van der Waals surface area contributed by atoms with Crippen molar-refractivity contribution in [3.05, 3.63) is 40.3 Å². The molecule has 1 aromatic heterocycles. The first kappa shape index (κ1) is 11.3. The van der Waals surface area contributed by atoms with Crippen molar-refractivity contribution in [2.24, 2.45) is 0 Å². The van der Waals surface area contributed by atoms with Crippen LogP contribution in [-0.4, -0.2) is 4.98 Å². The van der Waals surface area contributed by atoms with Gasteiger partial charge in [0.25, 0.3) is 0 Å². The minimum atomic E-state index is -0.242. The first-order valence-electron chi connectivity index (χ1n) is 5.26. The summed E-state index contributed by atoms with van der Waals surface area (Å²) in [6.07, 6.45) is 0. The highest BCUT2D eigenvalue weighted by atomic mass is 35.5. The second kappa shape index (κ2) is 4.02. The van der Waals surface area contributed by atoms with Gasteiger partial charge in [0.1, 0.15) is 11.0 Å². The van der Waals surface area contributed by atoms with Gasteiger partial charge in [-0.3, -0.25) is 0 Å². The molecule has 0 bridgehead atoms. The lowest BCUT2D eigenvalue weighted by Crippen LogP contribution is -1.95. The highest BCUT2D eigenvalue weighted by Crippen LogP contribution is 2.28. The lowest BCUT2D eigenvalue weighted by Gasteiger charge is -2.10. The highest BCUT2D eigenvalue weighted by Gasteiger charge is 2.11. The largest absolute Gasteiger partial charge is 0.235 e. The zero-order valence-corrected chi connectivity index (χ0v) is 10.3. The van der Waals surface area contributed by atoms with E-state index in [0.717, 1.165) is 10.9 Å². The summed E-state index contributed by atoms with van der Waals surface area (Å²) in [7, 11) is 0. The van der Waals surface area contributed by atoms with Crippen molar-refractivity contribution in [3.8, 4) is 0 Å². The van der Waals surface area contributed by atoms with Crippen LogP contribution in [0, 0.1) is 12.7 Å². The predicted molar refractivity (Wildman–Crippen MR) is 65.5 cm³/mol. The summed E-state index contributed by atoms with van der Waals surface area (Å²) in [4.78, 5) is 4.28. The van der Waals surface area contributed by atoms with Crippen molar-refractivity contribution >= 4 is 22.5 Å². The van der Waals surface area contributed by atoms with E-state index in [4.69, 9.17) is 11.6 Å². The van der Waals surface area contributed by atoms with E-state index in [0.29, 0.717) is 22.2 Å². The van der Waals surface area contributed by atoms with Crippen LogP contribution in [0.1, 0.15) is 30.9 Å². The van der Waals surface area contributed by atoms with Gasteiger partial charge >= 0.3 is 0 Å². The van der Waals surface area contributed by atoms with Crippen molar-refractivity contribution in [2.45, 2.75) is 26.7 Å². The van der Waals surface area contributed by atoms with Crippen LogP contribution < -0.4 is 0 Å². The van der Waals surface area contributed by atoms with Crippen LogP contribution in [0.3, 0.4) is 0 Å². The van der Waals surface area contributed by atoms with Gasteiger partial charge in [-0.2, -0.15) is 0 Å². The fourth-order valence-electron chi connectivity index (χ4n) is 1.76. The molecule has 2 rings (SSSR count). The normalized spacial score (nSPS) is 11.4. The third-order valence-electron chi connectivity index (χ3n) is 2.78. The molecule has 0 amide bonds. The van der Waals surface area contributed by atoms with Gasteiger partial charge in [-0.15, -0.1) is 0 Å². The monoisotopic (exact) mass is 237 g/mol. The average Bonchev–Trinajstić information content (AvgIpc) is 2.23. The van der Waals surface area contributed by atoms with E-state index < -0.39 is 0 Å². The van der Waals surface area contributed by atoms with Crippen LogP contribution >= 0.6 is 11.6 Å². The fraction of sp³-hybridized carbons (Fsp3) is 0.308. The molecule has 0 aliphatic carbocycles. The SMILES string of the molecule is Cc1c(F)ccc2cc(C(C)C)c(Cl)nc12. The summed E-state index contributed by atoms with van der Waals surface area (Å²) in [5.74, 6) is 0.0723. The van der Waals surface area contributed by atoms with Gasteiger partial charge in [0.15, 0.2) is 0 Å². The van der Waals surface area contributed by atoms with Crippen LogP contribution in [0.2, 0.25) is 5.15 Å². The molecule has 0 N–H and O–H groups in total. The van der Waals surface area contributed by atoms with Crippen molar-refractivity contribution in [3.63, 3.8) is 0 Å². The Balaban J connectivity index is 2.79. The Morgan fingerprint density at radius 1 is 1.31 bits per heavy atom. The predicted octanol–water partition coefficient (Wildman–Crippen LogP) is 4.46. The number of rotatable bonds is 1. The number of halogens is 2. The van der Waals surface area contributed by atoms with Gasteiger partial charge in [-0.1, -0.05) is 25.4 Å². The molecular formula is C13H13ClFN. The minimum Gasteiger partial charge on any atom is -0.235 e. The van der Waals surface area contributed by atoms with Crippen molar-refractivity contribution < 1.29 is 4.39 Å². The molecule has 0 saturated heterocycles. The quantitative estimate of drug-likeness (QED) is 0.668. The van der Waals surface area contributed by atoms with Gasteiger partial charge in [-0.25, -0.2) is 9.37 Å². The summed E-state index contributed by atoms with van der Waals surface area (Å²) in [6.45, 7) is 5.84. The third-order valence-corrected chi connectivity index (χ3v) is 3.08. The molecule has 0 aliphatic rings. The van der Waals surface area contributed by atoms with Crippen molar-refractivity contribution in [1.82, 2.24) is 4.98 Å². The Bertz CT molecular complexity index is 549. The first-order chi connectivity index (χ1) is 7.50. The van der Waals surface area contributed by atoms with Crippen molar-refractivity contribution in [2.75, 3.05) is 0 Å². The first-order valence-corrected chi connectivity index (χ1v) is 5.63. The van der Waals surface area contributed by atoms with Crippen LogP contribution in [0.15, 0.2) is 18.2 Å². The van der Waals surface area contributed by atoms with Gasteiger partial charge in [0.05, 0.1) is 5.52 Å². The number of benzene rings is 1. The zero-order valence-electron chi connectivity index (χ0n) is 9.51. The molecule has 1 nitrogen and oxygen atoms in total. The summed E-state index contributed by atoms with van der Waals surface area (Å²) in [6, 6.07) is 5.20. The molecule has 0 atom stereocenters. The van der Waals surface area contributed by atoms with Crippen LogP contribution in [0.5, 0.6) is 0 Å². The molecule has 1 heterocycles. The van der Waals surface area contributed by atoms with Gasteiger partial charge in [0.2, 0.25) is 0 Å². The van der Waals surface area contributed by atoms with Gasteiger partial charge < -0.3 is 0 Å². The molecular weight excluding hydrogens is 225 g/mol. The number of aryl methyl sites for hydroxylation is 1. The Morgan fingerprint density at radius 3 is 2.62 bits per heavy atom. The maximum absolute atomic E-state index is 13.4. The molecule has 2 aromatic rings. The Labute approximate surface area is 99.3 Å². The topological polar surface area (TPSA) is 12.9 Å². The van der Waals surface area contributed by atoms with E-state index in [2.05, 4.69) is 18.8 Å². The number of aromatic nitrogens is 1. The lowest BCUT2D eigenvalue weighted by molar-refractivity contribution is 0.620. The van der Waals surface area contributed by atoms with Gasteiger partial charge in [-0.05, 0) is 36.6 Å². The molecule has 0 unspecified atom stereocenters. The lowest BCUT2D eigenvalue weighted by atomic mass is 10.0. The van der Waals surface area contributed by atoms with Crippen LogP contribution in [0.4, 0.5) is 4.39 Å². The Morgan fingerprint density at radius 2 is 2.00 bits per heavy atom. The smallest absolute Gasteiger partial charge is 0.133 e. The molecule has 0 aliphatic heterocycles. The molecule has 1 aromatic carbocycles. The van der Waals surface area contributed by atoms with E-state index in [9.17, 15) is 4.39 Å². The molecule has 0 saturated carbocycles. The molecule has 3 heteroatoms. The fourth-order valence-corrected chi connectivity index (χ4v) is 2.11. The van der Waals surface area contributed by atoms with Crippen LogP contribution in [0.25, 0.3) is 10.9 Å². The van der Waals surface area contributed by atoms with E-state index >= 15 is 0 Å². The zero-order chi connectivity index (χ0) is 11.9. The number of nitrogens with zero attached hydrogens (tertiary/aromatic N) is 1. The maximum Gasteiger partial charge on any atom is 0.133 e. The molecule has 84 valence electrons. The van der Waals surface area contributed by atoms with Crippen molar-refractivity contribution in [1.29, 1.82) is 0 Å². The second-order valence-electron chi connectivity index (χ2n) is 4.27. The Hall–Kier alpha value is -1.15. The standard InChI is InChI=1S/C13H13ClFN/c1-7(2)10-6-9-4-5-11(15)8(3)12(9)16-13(10)14/h4-7H,1-3H3. The number of hydrogen-bond donors (Lipinski definition) is 0. The molecule has 0 spiro atoms. The van der Waals surface area contributed by atoms with Gasteiger partial charge in [0, 0.05) is 10.9 Å². The van der Waals surface area contributed by atoms with E-state index in [1.54, 1.807) is 13.0 Å².